The van der Waals surface area contributed by atoms with Crippen molar-refractivity contribution < 1.29 is 18.3 Å². The first-order valence-electron chi connectivity index (χ1n) is 5.50. The van der Waals surface area contributed by atoms with E-state index in [1.54, 1.807) is 0 Å². The van der Waals surface area contributed by atoms with Crippen molar-refractivity contribution in [2.24, 2.45) is 5.92 Å². The monoisotopic (exact) mass is 325 g/mol. The SMILES string of the molecule is CC(C)[C@@H](CO)Nc1ccc(Br)cc1C(F)(F)F. The number of hydrogen-bond acceptors (Lipinski definition) is 2. The lowest BCUT2D eigenvalue weighted by molar-refractivity contribution is -0.137. The van der Waals surface area contributed by atoms with Gasteiger partial charge in [-0.15, -0.1) is 0 Å². The lowest BCUT2D eigenvalue weighted by Crippen LogP contribution is -2.30. The van der Waals surface area contributed by atoms with E-state index in [1.165, 1.54) is 12.1 Å². The summed E-state index contributed by atoms with van der Waals surface area (Å²) in [5, 5.41) is 11.9. The number of hydrogen-bond donors (Lipinski definition) is 2. The van der Waals surface area contributed by atoms with Crippen LogP contribution < -0.4 is 5.32 Å². The van der Waals surface area contributed by atoms with E-state index >= 15 is 0 Å². The predicted octanol–water partition coefficient (Wildman–Crippen LogP) is 3.90. The molecule has 1 atom stereocenters. The Morgan fingerprint density at radius 2 is 1.94 bits per heavy atom. The quantitative estimate of drug-likeness (QED) is 0.880. The average Bonchev–Trinajstić information content (AvgIpc) is 2.25. The number of nitrogens with one attached hydrogen (secondary N) is 1. The fraction of sp³-hybridized carbons (Fsp3) is 0.500. The summed E-state index contributed by atoms with van der Waals surface area (Å²) < 4.78 is 38.9. The summed E-state index contributed by atoms with van der Waals surface area (Å²) in [7, 11) is 0. The Bertz CT molecular complexity index is 407. The van der Waals surface area contributed by atoms with E-state index in [1.807, 2.05) is 13.8 Å². The Morgan fingerprint density at radius 3 is 2.39 bits per heavy atom. The highest BCUT2D eigenvalue weighted by Crippen LogP contribution is 2.37. The number of rotatable bonds is 4. The highest BCUT2D eigenvalue weighted by Gasteiger charge is 2.34. The third-order valence-electron chi connectivity index (χ3n) is 2.63. The maximum absolute atomic E-state index is 12.9. The molecule has 0 aliphatic heterocycles. The largest absolute Gasteiger partial charge is 0.418 e. The van der Waals surface area contributed by atoms with Crippen molar-refractivity contribution in [2.45, 2.75) is 26.1 Å². The summed E-state index contributed by atoms with van der Waals surface area (Å²) in [5.41, 5.74) is -0.755. The fourth-order valence-corrected chi connectivity index (χ4v) is 1.86. The highest BCUT2D eigenvalue weighted by atomic mass is 79.9. The minimum atomic E-state index is -4.43. The van der Waals surface area contributed by atoms with Gasteiger partial charge in [-0.05, 0) is 24.1 Å². The molecule has 0 fully saturated rings. The van der Waals surface area contributed by atoms with Gasteiger partial charge in [-0.2, -0.15) is 13.2 Å². The molecule has 0 unspecified atom stereocenters. The molecule has 1 rings (SSSR count). The molecular weight excluding hydrogens is 311 g/mol. The molecule has 0 amide bonds. The molecule has 2 N–H and O–H groups in total. The zero-order valence-electron chi connectivity index (χ0n) is 10.1. The Kier molecular flexibility index (Phi) is 5.04. The molecular formula is C12H15BrF3NO. The number of alkyl halides is 3. The molecule has 1 aromatic carbocycles. The van der Waals surface area contributed by atoms with Gasteiger partial charge in [0, 0.05) is 10.2 Å². The average molecular weight is 326 g/mol. The van der Waals surface area contributed by atoms with Crippen LogP contribution in [0.4, 0.5) is 18.9 Å². The van der Waals surface area contributed by atoms with Crippen molar-refractivity contribution >= 4 is 21.6 Å². The van der Waals surface area contributed by atoms with Gasteiger partial charge in [0.1, 0.15) is 0 Å². The molecule has 0 aliphatic rings. The van der Waals surface area contributed by atoms with Gasteiger partial charge >= 0.3 is 6.18 Å². The van der Waals surface area contributed by atoms with Crippen LogP contribution in [0.25, 0.3) is 0 Å². The normalized spacial score (nSPS) is 13.8. The maximum Gasteiger partial charge on any atom is 0.418 e. The van der Waals surface area contributed by atoms with Crippen LogP contribution in [-0.4, -0.2) is 17.8 Å². The van der Waals surface area contributed by atoms with Crippen LogP contribution in [0.15, 0.2) is 22.7 Å². The Balaban J connectivity index is 3.09. The Hall–Kier alpha value is -0.750. The van der Waals surface area contributed by atoms with Crippen LogP contribution in [0.5, 0.6) is 0 Å². The van der Waals surface area contributed by atoms with Crippen molar-refractivity contribution in [3.8, 4) is 0 Å². The summed E-state index contributed by atoms with van der Waals surface area (Å²) in [6, 6.07) is 3.51. The highest BCUT2D eigenvalue weighted by molar-refractivity contribution is 9.10. The lowest BCUT2D eigenvalue weighted by atomic mass is 10.0. The van der Waals surface area contributed by atoms with Crippen molar-refractivity contribution in [2.75, 3.05) is 11.9 Å². The number of benzene rings is 1. The van der Waals surface area contributed by atoms with Crippen molar-refractivity contribution in [3.63, 3.8) is 0 Å². The third kappa shape index (κ3) is 3.88. The van der Waals surface area contributed by atoms with E-state index in [9.17, 15) is 13.2 Å². The second-order valence-electron chi connectivity index (χ2n) is 4.37. The first kappa shape index (κ1) is 15.3. The second-order valence-corrected chi connectivity index (χ2v) is 5.28. The van der Waals surface area contributed by atoms with Crippen LogP contribution in [0, 0.1) is 5.92 Å². The molecule has 0 aliphatic carbocycles. The van der Waals surface area contributed by atoms with Gasteiger partial charge < -0.3 is 10.4 Å². The summed E-state index contributed by atoms with van der Waals surface area (Å²) in [5.74, 6) is 0.0275. The summed E-state index contributed by atoms with van der Waals surface area (Å²) in [6.45, 7) is 3.45. The van der Waals surface area contributed by atoms with E-state index in [0.717, 1.165) is 6.07 Å². The van der Waals surface area contributed by atoms with E-state index in [-0.39, 0.29) is 18.2 Å². The molecule has 0 saturated carbocycles. The number of halogens is 4. The van der Waals surface area contributed by atoms with Gasteiger partial charge in [-0.25, -0.2) is 0 Å². The maximum atomic E-state index is 12.9. The summed E-state index contributed by atoms with van der Waals surface area (Å²) >= 11 is 3.02. The van der Waals surface area contributed by atoms with Gasteiger partial charge in [0.25, 0.3) is 0 Å². The van der Waals surface area contributed by atoms with Crippen LogP contribution in [-0.2, 0) is 6.18 Å². The first-order valence-corrected chi connectivity index (χ1v) is 6.29. The zero-order valence-corrected chi connectivity index (χ0v) is 11.6. The van der Waals surface area contributed by atoms with Crippen molar-refractivity contribution in [1.82, 2.24) is 0 Å². The van der Waals surface area contributed by atoms with Crippen molar-refractivity contribution in [1.29, 1.82) is 0 Å². The predicted molar refractivity (Wildman–Crippen MR) is 68.5 cm³/mol. The van der Waals surface area contributed by atoms with E-state index < -0.39 is 17.8 Å². The van der Waals surface area contributed by atoms with E-state index in [4.69, 9.17) is 5.11 Å². The van der Waals surface area contributed by atoms with Crippen molar-refractivity contribution in [3.05, 3.63) is 28.2 Å². The molecule has 0 saturated heterocycles. The summed E-state index contributed by atoms with van der Waals surface area (Å²) in [4.78, 5) is 0. The molecule has 0 spiro atoms. The van der Waals surface area contributed by atoms with Gasteiger partial charge in [-0.3, -0.25) is 0 Å². The molecule has 0 bridgehead atoms. The number of aliphatic hydroxyl groups excluding tert-OH is 1. The molecule has 1 aromatic rings. The smallest absolute Gasteiger partial charge is 0.394 e. The molecule has 0 aromatic heterocycles. The molecule has 2 nitrogen and oxygen atoms in total. The number of anilines is 1. The molecule has 102 valence electrons. The summed E-state index contributed by atoms with van der Waals surface area (Å²) in [6.07, 6.45) is -4.43. The molecule has 0 radical (unpaired) electrons. The zero-order chi connectivity index (χ0) is 13.9. The lowest BCUT2D eigenvalue weighted by Gasteiger charge is -2.23. The minimum absolute atomic E-state index is 0.0153. The first-order chi connectivity index (χ1) is 8.25. The van der Waals surface area contributed by atoms with Gasteiger partial charge in [0.15, 0.2) is 0 Å². The standard InChI is InChI=1S/C12H15BrF3NO/c1-7(2)11(6-18)17-10-4-3-8(13)5-9(10)12(14,15)16/h3-5,7,11,17-18H,6H2,1-2H3/t11-/m1/s1. The van der Waals surface area contributed by atoms with Crippen LogP contribution in [0.2, 0.25) is 0 Å². The fourth-order valence-electron chi connectivity index (χ4n) is 1.50. The molecule has 18 heavy (non-hydrogen) atoms. The van der Waals surface area contributed by atoms with Crippen LogP contribution in [0.1, 0.15) is 19.4 Å². The van der Waals surface area contributed by atoms with Crippen LogP contribution >= 0.6 is 15.9 Å². The topological polar surface area (TPSA) is 32.3 Å². The molecule has 0 heterocycles. The second kappa shape index (κ2) is 5.93. The third-order valence-corrected chi connectivity index (χ3v) is 3.12. The Labute approximate surface area is 112 Å². The van der Waals surface area contributed by atoms with Gasteiger partial charge in [0.05, 0.1) is 18.2 Å². The van der Waals surface area contributed by atoms with E-state index in [2.05, 4.69) is 21.2 Å². The molecule has 6 heteroatoms. The van der Waals surface area contributed by atoms with Crippen LogP contribution in [0.3, 0.4) is 0 Å². The number of aliphatic hydroxyl groups is 1. The Morgan fingerprint density at radius 1 is 1.33 bits per heavy atom. The van der Waals surface area contributed by atoms with Gasteiger partial charge in [-0.1, -0.05) is 29.8 Å². The minimum Gasteiger partial charge on any atom is -0.394 e. The van der Waals surface area contributed by atoms with E-state index in [0.29, 0.717) is 4.47 Å². The van der Waals surface area contributed by atoms with Gasteiger partial charge in [0.2, 0.25) is 0 Å².